The number of nitrogens with zero attached hydrogens (tertiary/aromatic N) is 1. The van der Waals surface area contributed by atoms with Crippen molar-refractivity contribution in [2.75, 3.05) is 20.8 Å². The Morgan fingerprint density at radius 1 is 1.07 bits per heavy atom. The molecule has 2 rings (SSSR count). The molecule has 0 aromatic heterocycles. The van der Waals surface area contributed by atoms with E-state index in [2.05, 4.69) is 0 Å². The lowest BCUT2D eigenvalue weighted by Gasteiger charge is -2.17. The lowest BCUT2D eigenvalue weighted by Crippen LogP contribution is -2.30. The van der Waals surface area contributed by atoms with Crippen molar-refractivity contribution in [3.8, 4) is 5.75 Å². The first-order valence-corrected chi connectivity index (χ1v) is 7.92. The minimum atomic E-state index is -4.56. The van der Waals surface area contributed by atoms with Crippen LogP contribution in [0.25, 0.3) is 0 Å². The summed E-state index contributed by atoms with van der Waals surface area (Å²) in [5, 5.41) is 0. The van der Waals surface area contributed by atoms with Gasteiger partial charge in [-0.05, 0) is 35.9 Å². The lowest BCUT2D eigenvalue weighted by molar-refractivity contribution is -0.137. The predicted octanol–water partition coefficient (Wildman–Crippen LogP) is 3.53. The average molecular weight is 381 g/mol. The van der Waals surface area contributed by atoms with Gasteiger partial charge in [-0.3, -0.25) is 4.79 Å². The maximum absolute atomic E-state index is 12.7. The molecule has 0 aliphatic rings. The molecule has 0 N–H and O–H groups in total. The molecule has 0 bridgehead atoms. The summed E-state index contributed by atoms with van der Waals surface area (Å²) in [6.07, 6.45) is -4.56. The van der Waals surface area contributed by atoms with Gasteiger partial charge >= 0.3 is 12.1 Å². The van der Waals surface area contributed by atoms with E-state index in [-0.39, 0.29) is 12.1 Å². The Kier molecular flexibility index (Phi) is 6.44. The van der Waals surface area contributed by atoms with Crippen LogP contribution in [-0.4, -0.2) is 37.5 Å². The molecule has 0 saturated carbocycles. The SMILES string of the molecule is COc1ccc(CN(C)C(=O)COC(=O)c2cccc(C(F)(F)F)c2)cc1. The van der Waals surface area contributed by atoms with E-state index in [1.165, 1.54) is 18.0 Å². The van der Waals surface area contributed by atoms with E-state index in [9.17, 15) is 22.8 Å². The number of rotatable bonds is 6. The van der Waals surface area contributed by atoms with Crippen LogP contribution in [0.3, 0.4) is 0 Å². The van der Waals surface area contributed by atoms with Gasteiger partial charge in [0.25, 0.3) is 5.91 Å². The third-order valence-corrected chi connectivity index (χ3v) is 3.76. The molecule has 0 atom stereocenters. The molecule has 0 aliphatic heterocycles. The van der Waals surface area contributed by atoms with Crippen molar-refractivity contribution < 1.29 is 32.2 Å². The summed E-state index contributed by atoms with van der Waals surface area (Å²) in [5.74, 6) is -0.791. The number of alkyl halides is 3. The van der Waals surface area contributed by atoms with E-state index in [0.29, 0.717) is 11.8 Å². The van der Waals surface area contributed by atoms with Gasteiger partial charge in [0.2, 0.25) is 0 Å². The molecule has 0 heterocycles. The van der Waals surface area contributed by atoms with E-state index < -0.39 is 30.2 Å². The zero-order valence-electron chi connectivity index (χ0n) is 14.7. The molecule has 0 fully saturated rings. The van der Waals surface area contributed by atoms with Crippen molar-refractivity contribution >= 4 is 11.9 Å². The summed E-state index contributed by atoms with van der Waals surface area (Å²) < 4.78 is 47.9. The van der Waals surface area contributed by atoms with Crippen LogP contribution in [0, 0.1) is 0 Å². The molecule has 2 aromatic carbocycles. The Hall–Kier alpha value is -3.03. The van der Waals surface area contributed by atoms with E-state index in [4.69, 9.17) is 9.47 Å². The molecular formula is C19H18F3NO4. The highest BCUT2D eigenvalue weighted by Crippen LogP contribution is 2.29. The Morgan fingerprint density at radius 2 is 1.74 bits per heavy atom. The van der Waals surface area contributed by atoms with Gasteiger partial charge in [0.05, 0.1) is 18.2 Å². The summed E-state index contributed by atoms with van der Waals surface area (Å²) in [7, 11) is 3.08. The molecule has 144 valence electrons. The maximum Gasteiger partial charge on any atom is 0.416 e. The number of likely N-dealkylation sites (N-methyl/N-ethyl adjacent to an activating group) is 1. The molecule has 8 heteroatoms. The maximum atomic E-state index is 12.7. The highest BCUT2D eigenvalue weighted by Gasteiger charge is 2.31. The largest absolute Gasteiger partial charge is 0.497 e. The Bertz CT molecular complexity index is 803. The van der Waals surface area contributed by atoms with E-state index >= 15 is 0 Å². The number of hydrogen-bond donors (Lipinski definition) is 0. The van der Waals surface area contributed by atoms with Gasteiger partial charge < -0.3 is 14.4 Å². The summed E-state index contributed by atoms with van der Waals surface area (Å²) in [6, 6.07) is 10.9. The third-order valence-electron chi connectivity index (χ3n) is 3.76. The van der Waals surface area contributed by atoms with Crippen LogP contribution in [0.15, 0.2) is 48.5 Å². The quantitative estimate of drug-likeness (QED) is 0.719. The van der Waals surface area contributed by atoms with Crippen molar-refractivity contribution in [2.24, 2.45) is 0 Å². The number of methoxy groups -OCH3 is 1. The van der Waals surface area contributed by atoms with E-state index in [1.54, 1.807) is 31.4 Å². The van der Waals surface area contributed by atoms with E-state index in [0.717, 1.165) is 17.7 Å². The summed E-state index contributed by atoms with van der Waals surface area (Å²) in [5.41, 5.74) is -0.383. The zero-order chi connectivity index (χ0) is 20.0. The van der Waals surface area contributed by atoms with Gasteiger partial charge in [-0.2, -0.15) is 13.2 Å². The van der Waals surface area contributed by atoms with Crippen molar-refractivity contribution in [3.05, 3.63) is 65.2 Å². The highest BCUT2D eigenvalue weighted by atomic mass is 19.4. The second kappa shape index (κ2) is 8.57. The average Bonchev–Trinajstić information content (AvgIpc) is 2.65. The van der Waals surface area contributed by atoms with Crippen molar-refractivity contribution in [3.63, 3.8) is 0 Å². The molecule has 27 heavy (non-hydrogen) atoms. The molecule has 1 amide bonds. The Morgan fingerprint density at radius 3 is 2.33 bits per heavy atom. The summed E-state index contributed by atoms with van der Waals surface area (Å²) in [4.78, 5) is 25.3. The number of carbonyl (C=O) groups excluding carboxylic acids is 2. The molecule has 0 saturated heterocycles. The van der Waals surface area contributed by atoms with Crippen LogP contribution in [0.2, 0.25) is 0 Å². The second-order valence-electron chi connectivity index (χ2n) is 5.75. The lowest BCUT2D eigenvalue weighted by atomic mass is 10.1. The topological polar surface area (TPSA) is 55.8 Å². The standard InChI is InChI=1S/C19H18F3NO4/c1-23(11-13-6-8-16(26-2)9-7-13)17(24)12-27-18(25)14-4-3-5-15(10-14)19(20,21)22/h3-10H,11-12H2,1-2H3. The number of benzene rings is 2. The summed E-state index contributed by atoms with van der Waals surface area (Å²) >= 11 is 0. The molecule has 0 radical (unpaired) electrons. The minimum absolute atomic E-state index is 0.268. The van der Waals surface area contributed by atoms with Gasteiger partial charge in [0, 0.05) is 13.6 Å². The molecule has 0 spiro atoms. The van der Waals surface area contributed by atoms with Crippen LogP contribution in [-0.2, 0) is 22.3 Å². The van der Waals surface area contributed by atoms with Gasteiger partial charge in [-0.25, -0.2) is 4.79 Å². The van der Waals surface area contributed by atoms with Crippen LogP contribution in [0.5, 0.6) is 5.75 Å². The molecular weight excluding hydrogens is 363 g/mol. The number of hydrogen-bond acceptors (Lipinski definition) is 4. The molecule has 0 aliphatic carbocycles. The van der Waals surface area contributed by atoms with Crippen molar-refractivity contribution in [1.82, 2.24) is 4.90 Å². The predicted molar refractivity (Wildman–Crippen MR) is 91.2 cm³/mol. The Balaban J connectivity index is 1.91. The number of halogens is 3. The molecule has 2 aromatic rings. The first kappa shape index (κ1) is 20.3. The zero-order valence-corrected chi connectivity index (χ0v) is 14.7. The van der Waals surface area contributed by atoms with Crippen LogP contribution in [0.4, 0.5) is 13.2 Å². The number of amides is 1. The van der Waals surface area contributed by atoms with Gasteiger partial charge in [0.15, 0.2) is 6.61 Å². The monoisotopic (exact) mass is 381 g/mol. The van der Waals surface area contributed by atoms with Crippen LogP contribution < -0.4 is 4.74 Å². The fourth-order valence-electron chi connectivity index (χ4n) is 2.24. The van der Waals surface area contributed by atoms with Crippen molar-refractivity contribution in [2.45, 2.75) is 12.7 Å². The minimum Gasteiger partial charge on any atom is -0.497 e. The Labute approximate surface area is 154 Å². The number of carbonyl (C=O) groups is 2. The molecule has 0 unspecified atom stereocenters. The highest BCUT2D eigenvalue weighted by molar-refractivity contribution is 5.91. The fourth-order valence-corrected chi connectivity index (χ4v) is 2.24. The fraction of sp³-hybridized carbons (Fsp3) is 0.263. The van der Waals surface area contributed by atoms with Crippen LogP contribution >= 0.6 is 0 Å². The third kappa shape index (κ3) is 5.73. The second-order valence-corrected chi connectivity index (χ2v) is 5.75. The number of ether oxygens (including phenoxy) is 2. The van der Waals surface area contributed by atoms with Gasteiger partial charge in [-0.15, -0.1) is 0 Å². The first-order valence-electron chi connectivity index (χ1n) is 7.92. The van der Waals surface area contributed by atoms with E-state index in [1.807, 2.05) is 0 Å². The normalized spacial score (nSPS) is 11.0. The smallest absolute Gasteiger partial charge is 0.416 e. The van der Waals surface area contributed by atoms with Crippen molar-refractivity contribution in [1.29, 1.82) is 0 Å². The summed E-state index contributed by atoms with van der Waals surface area (Å²) in [6.45, 7) is -0.286. The van der Waals surface area contributed by atoms with Gasteiger partial charge in [-0.1, -0.05) is 18.2 Å². The van der Waals surface area contributed by atoms with Gasteiger partial charge in [0.1, 0.15) is 5.75 Å². The van der Waals surface area contributed by atoms with Crippen LogP contribution in [0.1, 0.15) is 21.5 Å². The molecule has 5 nitrogen and oxygen atoms in total. The first-order chi connectivity index (χ1) is 12.7. The number of esters is 1.